The number of sulfonamides is 1. The van der Waals surface area contributed by atoms with Gasteiger partial charge in [0.05, 0.1) is 4.90 Å². The van der Waals surface area contributed by atoms with Gasteiger partial charge < -0.3 is 10.4 Å². The zero-order chi connectivity index (χ0) is 22.4. The third-order valence-corrected chi connectivity index (χ3v) is 5.75. The molecular weight excluding hydrogens is 414 g/mol. The Balaban J connectivity index is 1.74. The fraction of sp³-hybridized carbons (Fsp3) is 0.0435. The first-order valence-corrected chi connectivity index (χ1v) is 10.7. The summed E-state index contributed by atoms with van der Waals surface area (Å²) in [4.78, 5) is 12.6. The number of aryl methyl sites for hydroxylation is 1. The van der Waals surface area contributed by atoms with Crippen LogP contribution >= 0.6 is 0 Å². The molecule has 0 heterocycles. The Morgan fingerprint density at radius 2 is 1.48 bits per heavy atom. The van der Waals surface area contributed by atoms with E-state index in [4.69, 9.17) is 0 Å². The van der Waals surface area contributed by atoms with Gasteiger partial charge in [0.25, 0.3) is 15.9 Å². The molecule has 0 unspecified atom stereocenters. The Morgan fingerprint density at radius 1 is 0.903 bits per heavy atom. The van der Waals surface area contributed by atoms with Gasteiger partial charge in [-0.2, -0.15) is 5.26 Å². The highest BCUT2D eigenvalue weighted by Gasteiger charge is 2.17. The molecule has 1 amide bonds. The molecule has 7 nitrogen and oxygen atoms in total. The maximum Gasteiger partial charge on any atom is 0.270 e. The van der Waals surface area contributed by atoms with Crippen LogP contribution in [0, 0.1) is 18.3 Å². The van der Waals surface area contributed by atoms with Crippen molar-refractivity contribution in [3.63, 3.8) is 0 Å². The van der Waals surface area contributed by atoms with Crippen LogP contribution in [0.2, 0.25) is 0 Å². The highest BCUT2D eigenvalue weighted by Crippen LogP contribution is 2.21. The van der Waals surface area contributed by atoms with Crippen LogP contribution in [0.4, 0.5) is 11.4 Å². The van der Waals surface area contributed by atoms with Crippen molar-refractivity contribution in [3.05, 3.63) is 95.6 Å². The Hall–Kier alpha value is -4.09. The Kier molecular flexibility index (Phi) is 6.38. The van der Waals surface area contributed by atoms with Crippen molar-refractivity contribution in [1.29, 1.82) is 5.26 Å². The highest BCUT2D eigenvalue weighted by molar-refractivity contribution is 7.92. The van der Waals surface area contributed by atoms with Gasteiger partial charge in [0.15, 0.2) is 5.57 Å². The SMILES string of the molecule is Cc1ccc(S(=O)(=O)Nc2ccc(NC(=O)C(C#N)=C(O)c3ccccc3)cc2)cc1. The standard InChI is InChI=1S/C23H19N3O4S/c1-16-7-13-20(14-8-16)31(29,30)26-19-11-9-18(10-12-19)25-23(28)21(15-24)22(27)17-5-3-2-4-6-17/h2-14,26-27H,1H3,(H,25,28). The normalized spacial score (nSPS) is 11.7. The number of carbonyl (C=O) groups is 1. The molecular formula is C23H19N3O4S. The van der Waals surface area contributed by atoms with Crippen molar-refractivity contribution < 1.29 is 18.3 Å². The van der Waals surface area contributed by atoms with Gasteiger partial charge in [-0.05, 0) is 43.3 Å². The zero-order valence-corrected chi connectivity index (χ0v) is 17.3. The summed E-state index contributed by atoms with van der Waals surface area (Å²) in [5.74, 6) is -1.21. The van der Waals surface area contributed by atoms with Gasteiger partial charge in [0.2, 0.25) is 0 Å². The number of nitriles is 1. The molecule has 0 aliphatic heterocycles. The first-order chi connectivity index (χ1) is 14.8. The molecule has 0 atom stereocenters. The lowest BCUT2D eigenvalue weighted by molar-refractivity contribution is -0.112. The van der Waals surface area contributed by atoms with Crippen LogP contribution in [-0.4, -0.2) is 19.4 Å². The van der Waals surface area contributed by atoms with Crippen LogP contribution in [0.15, 0.2) is 89.3 Å². The summed E-state index contributed by atoms with van der Waals surface area (Å²) in [6, 6.07) is 22.3. The molecule has 0 aliphatic carbocycles. The lowest BCUT2D eigenvalue weighted by Gasteiger charge is -2.10. The summed E-state index contributed by atoms with van der Waals surface area (Å²) in [6.07, 6.45) is 0. The van der Waals surface area contributed by atoms with E-state index in [1.165, 1.54) is 36.4 Å². The summed E-state index contributed by atoms with van der Waals surface area (Å²) in [7, 11) is -3.75. The van der Waals surface area contributed by atoms with E-state index in [-0.39, 0.29) is 4.90 Å². The number of amides is 1. The number of anilines is 2. The van der Waals surface area contributed by atoms with Gasteiger partial charge in [-0.25, -0.2) is 8.42 Å². The van der Waals surface area contributed by atoms with Crippen LogP contribution in [0.1, 0.15) is 11.1 Å². The topological polar surface area (TPSA) is 119 Å². The molecule has 156 valence electrons. The molecule has 3 aromatic carbocycles. The molecule has 3 N–H and O–H groups in total. The number of nitrogens with zero attached hydrogens (tertiary/aromatic N) is 1. The molecule has 0 radical (unpaired) electrons. The van der Waals surface area contributed by atoms with Gasteiger partial charge in [-0.3, -0.25) is 9.52 Å². The number of aliphatic hydroxyl groups is 1. The van der Waals surface area contributed by atoms with E-state index in [2.05, 4.69) is 10.0 Å². The third-order valence-electron chi connectivity index (χ3n) is 4.35. The van der Waals surface area contributed by atoms with Crippen molar-refractivity contribution in [1.82, 2.24) is 0 Å². The second-order valence-corrected chi connectivity index (χ2v) is 8.33. The molecule has 31 heavy (non-hydrogen) atoms. The summed E-state index contributed by atoms with van der Waals surface area (Å²) < 4.78 is 27.4. The van der Waals surface area contributed by atoms with E-state index in [1.54, 1.807) is 48.5 Å². The Bertz CT molecular complexity index is 1260. The van der Waals surface area contributed by atoms with Crippen LogP contribution in [0.5, 0.6) is 0 Å². The fourth-order valence-electron chi connectivity index (χ4n) is 2.70. The van der Waals surface area contributed by atoms with Gasteiger partial charge in [-0.1, -0.05) is 48.0 Å². The van der Waals surface area contributed by atoms with Gasteiger partial charge in [0.1, 0.15) is 11.8 Å². The van der Waals surface area contributed by atoms with Crippen molar-refractivity contribution in [2.45, 2.75) is 11.8 Å². The molecule has 3 rings (SSSR count). The van der Waals surface area contributed by atoms with E-state index in [1.807, 2.05) is 6.92 Å². The number of nitrogens with one attached hydrogen (secondary N) is 2. The van der Waals surface area contributed by atoms with Crippen molar-refractivity contribution >= 4 is 33.1 Å². The smallest absolute Gasteiger partial charge is 0.270 e. The molecule has 0 aliphatic rings. The summed E-state index contributed by atoms with van der Waals surface area (Å²) in [5.41, 5.74) is 1.49. The Morgan fingerprint density at radius 3 is 2.06 bits per heavy atom. The highest BCUT2D eigenvalue weighted by atomic mass is 32.2. The Labute approximate surface area is 180 Å². The van der Waals surface area contributed by atoms with Crippen molar-refractivity contribution in [2.24, 2.45) is 0 Å². The second-order valence-electron chi connectivity index (χ2n) is 6.65. The van der Waals surface area contributed by atoms with E-state index >= 15 is 0 Å². The molecule has 0 fully saturated rings. The van der Waals surface area contributed by atoms with Crippen molar-refractivity contribution in [2.75, 3.05) is 10.0 Å². The van der Waals surface area contributed by atoms with Gasteiger partial charge in [-0.15, -0.1) is 0 Å². The van der Waals surface area contributed by atoms with Gasteiger partial charge >= 0.3 is 0 Å². The molecule has 0 aromatic heterocycles. The van der Waals surface area contributed by atoms with E-state index in [0.29, 0.717) is 16.9 Å². The summed E-state index contributed by atoms with van der Waals surface area (Å²) in [6.45, 7) is 1.86. The number of carbonyl (C=O) groups excluding carboxylic acids is 1. The lowest BCUT2D eigenvalue weighted by atomic mass is 10.1. The first kappa shape index (κ1) is 21.6. The molecule has 0 spiro atoms. The fourth-order valence-corrected chi connectivity index (χ4v) is 3.76. The predicted octanol–water partition coefficient (Wildman–Crippen LogP) is 4.23. The minimum absolute atomic E-state index is 0.135. The predicted molar refractivity (Wildman–Crippen MR) is 119 cm³/mol. The van der Waals surface area contributed by atoms with Crippen LogP contribution < -0.4 is 10.0 Å². The first-order valence-electron chi connectivity index (χ1n) is 9.20. The van der Waals surface area contributed by atoms with Crippen LogP contribution in [0.3, 0.4) is 0 Å². The van der Waals surface area contributed by atoms with Crippen LogP contribution in [0.25, 0.3) is 5.76 Å². The van der Waals surface area contributed by atoms with E-state index in [0.717, 1.165) is 5.56 Å². The van der Waals surface area contributed by atoms with Crippen LogP contribution in [-0.2, 0) is 14.8 Å². The molecule has 0 saturated heterocycles. The molecule has 3 aromatic rings. The number of hydrogen-bond acceptors (Lipinski definition) is 5. The van der Waals surface area contributed by atoms with Gasteiger partial charge in [0, 0.05) is 16.9 Å². The average molecular weight is 433 g/mol. The summed E-state index contributed by atoms with van der Waals surface area (Å²) in [5, 5.41) is 22.1. The summed E-state index contributed by atoms with van der Waals surface area (Å²) >= 11 is 0. The number of benzene rings is 3. The molecule has 0 bridgehead atoms. The average Bonchev–Trinajstić information content (AvgIpc) is 2.76. The maximum atomic E-state index is 12.5. The maximum absolute atomic E-state index is 12.5. The number of aliphatic hydroxyl groups excluding tert-OH is 1. The van der Waals surface area contributed by atoms with E-state index in [9.17, 15) is 23.6 Å². The second kappa shape index (κ2) is 9.15. The number of hydrogen-bond donors (Lipinski definition) is 3. The molecule has 0 saturated carbocycles. The minimum Gasteiger partial charge on any atom is -0.506 e. The number of rotatable bonds is 6. The van der Waals surface area contributed by atoms with Crippen molar-refractivity contribution in [3.8, 4) is 6.07 Å². The third kappa shape index (κ3) is 5.29. The zero-order valence-electron chi connectivity index (χ0n) is 16.5. The quantitative estimate of drug-likeness (QED) is 0.305. The monoisotopic (exact) mass is 433 g/mol. The minimum atomic E-state index is -3.75. The largest absolute Gasteiger partial charge is 0.506 e. The van der Waals surface area contributed by atoms with E-state index < -0.39 is 27.3 Å². The lowest BCUT2D eigenvalue weighted by Crippen LogP contribution is -2.15. The molecule has 8 heteroatoms.